The van der Waals surface area contributed by atoms with Crippen LogP contribution < -0.4 is 5.32 Å². The van der Waals surface area contributed by atoms with Crippen molar-refractivity contribution in [3.8, 4) is 0 Å². The van der Waals surface area contributed by atoms with Gasteiger partial charge in [-0.15, -0.1) is 0 Å². The van der Waals surface area contributed by atoms with Gasteiger partial charge < -0.3 is 15.0 Å². The summed E-state index contributed by atoms with van der Waals surface area (Å²) in [6.07, 6.45) is 1.77. The lowest BCUT2D eigenvalue weighted by Gasteiger charge is -2.29. The molecule has 0 aliphatic heterocycles. The average Bonchev–Trinajstić information content (AvgIpc) is 2.26. The van der Waals surface area contributed by atoms with Crippen LogP contribution in [0.5, 0.6) is 0 Å². The Balaban J connectivity index is 4.00. The Kier molecular flexibility index (Phi) is 7.60. The van der Waals surface area contributed by atoms with Crippen molar-refractivity contribution < 1.29 is 9.53 Å². The number of nitrogens with zero attached hydrogens (tertiary/aromatic N) is 1. The van der Waals surface area contributed by atoms with Crippen molar-refractivity contribution in [2.24, 2.45) is 10.8 Å². The predicted octanol–water partition coefficient (Wildman–Crippen LogP) is 2.49. The molecule has 0 saturated carbocycles. The minimum absolute atomic E-state index is 0.178. The van der Waals surface area contributed by atoms with Crippen LogP contribution in [-0.4, -0.2) is 44.8 Å². The molecule has 114 valence electrons. The molecular formula is C15H32N2O2. The van der Waals surface area contributed by atoms with Crippen molar-refractivity contribution in [2.45, 2.75) is 47.5 Å². The summed E-state index contributed by atoms with van der Waals surface area (Å²) in [5.74, 6) is 0.178. The third-order valence-electron chi connectivity index (χ3n) is 2.95. The normalized spacial score (nSPS) is 12.6. The first kappa shape index (κ1) is 18.4. The minimum atomic E-state index is -0.323. The van der Waals surface area contributed by atoms with Crippen LogP contribution in [0.4, 0.5) is 0 Å². The van der Waals surface area contributed by atoms with Crippen LogP contribution in [0, 0.1) is 10.8 Å². The summed E-state index contributed by atoms with van der Waals surface area (Å²) in [6, 6.07) is 0. The van der Waals surface area contributed by atoms with Gasteiger partial charge in [0.2, 0.25) is 5.91 Å². The molecule has 0 aliphatic rings. The first-order chi connectivity index (χ1) is 8.60. The summed E-state index contributed by atoms with van der Waals surface area (Å²) in [4.78, 5) is 14.0. The first-order valence-corrected chi connectivity index (χ1v) is 7.08. The van der Waals surface area contributed by atoms with Crippen molar-refractivity contribution in [2.75, 3.05) is 34.0 Å². The van der Waals surface area contributed by atoms with Gasteiger partial charge in [0, 0.05) is 19.1 Å². The average molecular weight is 272 g/mol. The molecule has 0 heterocycles. The molecule has 0 saturated heterocycles. The highest BCUT2D eigenvalue weighted by Gasteiger charge is 2.29. The van der Waals surface area contributed by atoms with Gasteiger partial charge >= 0.3 is 0 Å². The molecule has 1 amide bonds. The number of rotatable bonds is 8. The highest BCUT2D eigenvalue weighted by Crippen LogP contribution is 2.25. The number of hydrogen-bond donors (Lipinski definition) is 1. The third-order valence-corrected chi connectivity index (χ3v) is 2.95. The van der Waals surface area contributed by atoms with E-state index in [-0.39, 0.29) is 16.7 Å². The molecule has 0 aliphatic carbocycles. The Bertz CT molecular complexity index is 270. The van der Waals surface area contributed by atoms with Crippen molar-refractivity contribution in [3.05, 3.63) is 0 Å². The van der Waals surface area contributed by atoms with E-state index in [2.05, 4.69) is 26.1 Å². The van der Waals surface area contributed by atoms with Gasteiger partial charge in [0.25, 0.3) is 0 Å². The quantitative estimate of drug-likeness (QED) is 0.545. The van der Waals surface area contributed by atoms with Gasteiger partial charge in [0.1, 0.15) is 0 Å². The van der Waals surface area contributed by atoms with E-state index in [9.17, 15) is 4.79 Å². The summed E-state index contributed by atoms with van der Waals surface area (Å²) in [6.45, 7) is 12.6. The molecule has 0 aromatic rings. The van der Waals surface area contributed by atoms with E-state index in [1.807, 2.05) is 27.9 Å². The van der Waals surface area contributed by atoms with Gasteiger partial charge in [-0.05, 0) is 25.3 Å². The summed E-state index contributed by atoms with van der Waals surface area (Å²) in [5.41, 5.74) is -0.116. The lowest BCUT2D eigenvalue weighted by molar-refractivity contribution is -0.139. The van der Waals surface area contributed by atoms with Crippen molar-refractivity contribution in [3.63, 3.8) is 0 Å². The number of carbonyl (C=O) groups excluding carboxylic acids is 1. The molecule has 4 nitrogen and oxygen atoms in total. The maximum atomic E-state index is 12.2. The van der Waals surface area contributed by atoms with E-state index in [0.717, 1.165) is 26.1 Å². The molecule has 0 bridgehead atoms. The van der Waals surface area contributed by atoms with Gasteiger partial charge in [-0.1, -0.05) is 34.6 Å². The second-order valence-electron chi connectivity index (χ2n) is 7.12. The van der Waals surface area contributed by atoms with Crippen molar-refractivity contribution in [1.29, 1.82) is 0 Å². The number of hydrogen-bond acceptors (Lipinski definition) is 3. The van der Waals surface area contributed by atoms with Crippen LogP contribution in [0.25, 0.3) is 0 Å². The standard InChI is InChI=1S/C15H32N2O2/c1-14(2,3)11-19-10-8-9-15(4,5)13(18)17(7)12-16-6/h16H,8-12H2,1-7H3. The highest BCUT2D eigenvalue weighted by molar-refractivity contribution is 5.81. The molecule has 0 radical (unpaired) electrons. The number of ether oxygens (including phenoxy) is 1. The van der Waals surface area contributed by atoms with Crippen LogP contribution >= 0.6 is 0 Å². The topological polar surface area (TPSA) is 41.6 Å². The van der Waals surface area contributed by atoms with Crippen LogP contribution in [0.15, 0.2) is 0 Å². The Morgan fingerprint density at radius 3 is 2.26 bits per heavy atom. The molecule has 0 unspecified atom stereocenters. The zero-order valence-corrected chi connectivity index (χ0v) is 13.8. The fourth-order valence-corrected chi connectivity index (χ4v) is 1.93. The molecule has 0 atom stereocenters. The Labute approximate surface area is 118 Å². The SMILES string of the molecule is CNCN(C)C(=O)C(C)(C)CCCOCC(C)(C)C. The lowest BCUT2D eigenvalue weighted by Crippen LogP contribution is -2.42. The number of amides is 1. The smallest absolute Gasteiger partial charge is 0.228 e. The highest BCUT2D eigenvalue weighted by atomic mass is 16.5. The zero-order chi connectivity index (χ0) is 15.1. The summed E-state index contributed by atoms with van der Waals surface area (Å²) < 4.78 is 5.64. The van der Waals surface area contributed by atoms with Crippen LogP contribution in [0.3, 0.4) is 0 Å². The van der Waals surface area contributed by atoms with Crippen molar-refractivity contribution in [1.82, 2.24) is 10.2 Å². The summed E-state index contributed by atoms with van der Waals surface area (Å²) >= 11 is 0. The van der Waals surface area contributed by atoms with E-state index < -0.39 is 0 Å². The lowest BCUT2D eigenvalue weighted by atomic mass is 9.86. The molecule has 0 spiro atoms. The second kappa shape index (κ2) is 7.85. The zero-order valence-electron chi connectivity index (χ0n) is 13.8. The fraction of sp³-hybridized carbons (Fsp3) is 0.933. The van der Waals surface area contributed by atoms with Gasteiger partial charge in [0.05, 0.1) is 13.3 Å². The van der Waals surface area contributed by atoms with E-state index in [1.54, 1.807) is 4.90 Å². The third kappa shape index (κ3) is 8.22. The molecule has 19 heavy (non-hydrogen) atoms. The second-order valence-corrected chi connectivity index (χ2v) is 7.12. The maximum Gasteiger partial charge on any atom is 0.228 e. The fourth-order valence-electron chi connectivity index (χ4n) is 1.93. The summed E-state index contributed by atoms with van der Waals surface area (Å²) in [7, 11) is 3.67. The van der Waals surface area contributed by atoms with E-state index in [0.29, 0.717) is 6.67 Å². The predicted molar refractivity (Wildman–Crippen MR) is 80.0 cm³/mol. The molecule has 1 N–H and O–H groups in total. The Morgan fingerprint density at radius 1 is 1.21 bits per heavy atom. The number of nitrogens with one attached hydrogen (secondary N) is 1. The van der Waals surface area contributed by atoms with Gasteiger partial charge in [-0.3, -0.25) is 4.79 Å². The van der Waals surface area contributed by atoms with Gasteiger partial charge in [0.15, 0.2) is 0 Å². The Hall–Kier alpha value is -0.610. The monoisotopic (exact) mass is 272 g/mol. The molecule has 4 heteroatoms. The van der Waals surface area contributed by atoms with E-state index in [4.69, 9.17) is 4.74 Å². The first-order valence-electron chi connectivity index (χ1n) is 7.08. The van der Waals surface area contributed by atoms with Gasteiger partial charge in [-0.2, -0.15) is 0 Å². The molecule has 0 rings (SSSR count). The van der Waals surface area contributed by atoms with Crippen LogP contribution in [0.2, 0.25) is 0 Å². The number of carbonyl (C=O) groups is 1. The Morgan fingerprint density at radius 2 is 1.79 bits per heavy atom. The largest absolute Gasteiger partial charge is 0.381 e. The van der Waals surface area contributed by atoms with Gasteiger partial charge in [-0.25, -0.2) is 0 Å². The van der Waals surface area contributed by atoms with Crippen LogP contribution in [-0.2, 0) is 9.53 Å². The molecule has 0 aromatic carbocycles. The maximum absolute atomic E-state index is 12.2. The minimum Gasteiger partial charge on any atom is -0.381 e. The van der Waals surface area contributed by atoms with E-state index >= 15 is 0 Å². The van der Waals surface area contributed by atoms with Crippen LogP contribution in [0.1, 0.15) is 47.5 Å². The molecular weight excluding hydrogens is 240 g/mol. The molecule has 0 fully saturated rings. The van der Waals surface area contributed by atoms with Crippen molar-refractivity contribution >= 4 is 5.91 Å². The van der Waals surface area contributed by atoms with E-state index in [1.165, 1.54) is 0 Å². The molecule has 0 aromatic heterocycles. The summed E-state index contributed by atoms with van der Waals surface area (Å²) in [5, 5.41) is 2.99.